The molecular formula is C19H18N2O2. The lowest BCUT2D eigenvalue weighted by Crippen LogP contribution is -2.54. The normalized spacial score (nSPS) is 19.5. The SMILES string of the molecule is Cc1ccc2c(c1)C(=O)N1CCCC1N2C(=O)c1ccccc1. The average molecular weight is 306 g/mol. The van der Waals surface area contributed by atoms with Gasteiger partial charge in [0.25, 0.3) is 11.8 Å². The fourth-order valence-corrected chi connectivity index (χ4v) is 3.57. The lowest BCUT2D eigenvalue weighted by Gasteiger charge is -2.40. The van der Waals surface area contributed by atoms with Crippen molar-refractivity contribution in [2.24, 2.45) is 0 Å². The Balaban J connectivity index is 1.86. The van der Waals surface area contributed by atoms with Crippen LogP contribution in [0, 0.1) is 6.92 Å². The molecule has 4 nitrogen and oxygen atoms in total. The number of carbonyl (C=O) groups excluding carboxylic acids is 2. The second-order valence-corrected chi connectivity index (χ2v) is 6.18. The number of aryl methyl sites for hydroxylation is 1. The van der Waals surface area contributed by atoms with Gasteiger partial charge in [0.15, 0.2) is 0 Å². The Bertz CT molecular complexity index is 785. The summed E-state index contributed by atoms with van der Waals surface area (Å²) in [6, 6.07) is 15.0. The van der Waals surface area contributed by atoms with E-state index in [4.69, 9.17) is 0 Å². The molecule has 1 saturated heterocycles. The highest BCUT2D eigenvalue weighted by molar-refractivity contribution is 6.13. The fraction of sp³-hybridized carbons (Fsp3) is 0.263. The van der Waals surface area contributed by atoms with Gasteiger partial charge in [0.05, 0.1) is 11.3 Å². The van der Waals surface area contributed by atoms with Gasteiger partial charge < -0.3 is 4.90 Å². The number of anilines is 1. The third-order valence-electron chi connectivity index (χ3n) is 4.66. The predicted molar refractivity (Wildman–Crippen MR) is 88.5 cm³/mol. The molecule has 23 heavy (non-hydrogen) atoms. The van der Waals surface area contributed by atoms with Gasteiger partial charge in [0.1, 0.15) is 6.17 Å². The van der Waals surface area contributed by atoms with E-state index in [2.05, 4.69) is 0 Å². The standard InChI is InChI=1S/C19H18N2O2/c1-13-9-10-16-15(12-13)19(23)20-11-5-8-17(20)21(16)18(22)14-6-3-2-4-7-14/h2-4,6-7,9-10,12,17H,5,8,11H2,1H3. The maximum atomic E-state index is 13.1. The van der Waals surface area contributed by atoms with Crippen LogP contribution in [0.5, 0.6) is 0 Å². The molecule has 1 unspecified atom stereocenters. The zero-order valence-corrected chi connectivity index (χ0v) is 13.0. The lowest BCUT2D eigenvalue weighted by atomic mass is 10.0. The topological polar surface area (TPSA) is 40.6 Å². The molecule has 0 aliphatic carbocycles. The molecular weight excluding hydrogens is 288 g/mol. The minimum Gasteiger partial charge on any atom is -0.318 e. The van der Waals surface area contributed by atoms with E-state index < -0.39 is 0 Å². The third kappa shape index (κ3) is 2.13. The molecule has 0 aromatic heterocycles. The van der Waals surface area contributed by atoms with Gasteiger partial charge in [-0.05, 0) is 44.0 Å². The smallest absolute Gasteiger partial charge is 0.259 e. The zero-order chi connectivity index (χ0) is 16.0. The van der Waals surface area contributed by atoms with Crippen LogP contribution in [0.15, 0.2) is 48.5 Å². The molecule has 0 saturated carbocycles. The zero-order valence-electron chi connectivity index (χ0n) is 13.0. The van der Waals surface area contributed by atoms with Crippen LogP contribution in [0.3, 0.4) is 0 Å². The second kappa shape index (κ2) is 5.23. The first kappa shape index (κ1) is 14.0. The second-order valence-electron chi connectivity index (χ2n) is 6.18. The van der Waals surface area contributed by atoms with Crippen molar-refractivity contribution in [3.63, 3.8) is 0 Å². The summed E-state index contributed by atoms with van der Waals surface area (Å²) in [4.78, 5) is 29.5. The van der Waals surface area contributed by atoms with Crippen LogP contribution in [0.2, 0.25) is 0 Å². The highest BCUT2D eigenvalue weighted by Gasteiger charge is 2.43. The van der Waals surface area contributed by atoms with Crippen molar-refractivity contribution in [3.05, 3.63) is 65.2 Å². The molecule has 2 aromatic carbocycles. The molecule has 0 spiro atoms. The maximum absolute atomic E-state index is 13.1. The van der Waals surface area contributed by atoms with Gasteiger partial charge in [-0.15, -0.1) is 0 Å². The quantitative estimate of drug-likeness (QED) is 0.811. The Morgan fingerprint density at radius 1 is 1.13 bits per heavy atom. The lowest BCUT2D eigenvalue weighted by molar-refractivity contribution is 0.0698. The van der Waals surface area contributed by atoms with E-state index in [1.807, 2.05) is 60.4 Å². The summed E-state index contributed by atoms with van der Waals surface area (Å²) in [5.74, 6) is 0.00316. The molecule has 1 atom stereocenters. The van der Waals surface area contributed by atoms with Crippen LogP contribution in [0.25, 0.3) is 0 Å². The molecule has 0 N–H and O–H groups in total. The van der Waals surface area contributed by atoms with E-state index in [0.717, 1.165) is 30.6 Å². The number of rotatable bonds is 1. The van der Waals surface area contributed by atoms with Gasteiger partial charge in [-0.25, -0.2) is 0 Å². The van der Waals surface area contributed by atoms with Crippen molar-refractivity contribution in [3.8, 4) is 0 Å². The van der Waals surface area contributed by atoms with Crippen molar-refractivity contribution in [1.82, 2.24) is 4.90 Å². The van der Waals surface area contributed by atoms with Crippen LogP contribution < -0.4 is 4.90 Å². The van der Waals surface area contributed by atoms with Crippen molar-refractivity contribution < 1.29 is 9.59 Å². The Morgan fingerprint density at radius 2 is 1.91 bits per heavy atom. The molecule has 2 aliphatic rings. The van der Waals surface area contributed by atoms with Crippen molar-refractivity contribution >= 4 is 17.5 Å². The largest absolute Gasteiger partial charge is 0.318 e. The van der Waals surface area contributed by atoms with Gasteiger partial charge in [-0.2, -0.15) is 0 Å². The Morgan fingerprint density at radius 3 is 2.70 bits per heavy atom. The molecule has 116 valence electrons. The van der Waals surface area contributed by atoms with Crippen LogP contribution >= 0.6 is 0 Å². The summed E-state index contributed by atoms with van der Waals surface area (Å²) in [6.07, 6.45) is 1.60. The fourth-order valence-electron chi connectivity index (χ4n) is 3.57. The number of fused-ring (bicyclic) bond motifs is 2. The van der Waals surface area contributed by atoms with Gasteiger partial charge in [-0.3, -0.25) is 14.5 Å². The van der Waals surface area contributed by atoms with Gasteiger partial charge >= 0.3 is 0 Å². The summed E-state index contributed by atoms with van der Waals surface area (Å²) >= 11 is 0. The molecule has 4 rings (SSSR count). The summed E-state index contributed by atoms with van der Waals surface area (Å²) in [6.45, 7) is 2.68. The van der Waals surface area contributed by atoms with Crippen LogP contribution in [-0.4, -0.2) is 29.4 Å². The molecule has 2 aliphatic heterocycles. The number of nitrogens with zero attached hydrogens (tertiary/aromatic N) is 2. The van der Waals surface area contributed by atoms with E-state index in [9.17, 15) is 9.59 Å². The molecule has 4 heteroatoms. The Labute approximate surface area is 135 Å². The van der Waals surface area contributed by atoms with Gasteiger partial charge in [0, 0.05) is 12.1 Å². The third-order valence-corrected chi connectivity index (χ3v) is 4.66. The number of amides is 2. The Hall–Kier alpha value is -2.62. The summed E-state index contributed by atoms with van der Waals surface area (Å²) in [7, 11) is 0. The molecule has 0 radical (unpaired) electrons. The summed E-state index contributed by atoms with van der Waals surface area (Å²) in [5.41, 5.74) is 3.05. The van der Waals surface area contributed by atoms with E-state index >= 15 is 0 Å². The molecule has 0 bridgehead atoms. The van der Waals surface area contributed by atoms with Crippen LogP contribution in [0.4, 0.5) is 5.69 Å². The monoisotopic (exact) mass is 306 g/mol. The van der Waals surface area contributed by atoms with Crippen molar-refractivity contribution in [2.75, 3.05) is 11.4 Å². The summed E-state index contributed by atoms with van der Waals surface area (Å²) < 4.78 is 0. The van der Waals surface area contributed by atoms with Gasteiger partial charge in [-0.1, -0.05) is 29.8 Å². The van der Waals surface area contributed by atoms with Crippen molar-refractivity contribution in [2.45, 2.75) is 25.9 Å². The number of hydrogen-bond donors (Lipinski definition) is 0. The predicted octanol–water partition coefficient (Wildman–Crippen LogP) is 3.22. The molecule has 2 heterocycles. The van der Waals surface area contributed by atoms with Crippen LogP contribution in [-0.2, 0) is 0 Å². The molecule has 2 aromatic rings. The molecule has 2 amide bonds. The first-order chi connectivity index (χ1) is 11.2. The van der Waals surface area contributed by atoms with Gasteiger partial charge in [0.2, 0.25) is 0 Å². The van der Waals surface area contributed by atoms with E-state index in [1.54, 1.807) is 4.90 Å². The summed E-state index contributed by atoms with van der Waals surface area (Å²) in [5, 5.41) is 0. The highest BCUT2D eigenvalue weighted by Crippen LogP contribution is 2.37. The minimum atomic E-state index is -0.162. The molecule has 1 fully saturated rings. The number of hydrogen-bond acceptors (Lipinski definition) is 2. The first-order valence-electron chi connectivity index (χ1n) is 7.97. The average Bonchev–Trinajstić information content (AvgIpc) is 3.06. The highest BCUT2D eigenvalue weighted by atomic mass is 16.2. The van der Waals surface area contributed by atoms with Crippen molar-refractivity contribution in [1.29, 1.82) is 0 Å². The number of benzene rings is 2. The van der Waals surface area contributed by atoms with E-state index in [0.29, 0.717) is 11.1 Å². The maximum Gasteiger partial charge on any atom is 0.259 e. The van der Waals surface area contributed by atoms with E-state index in [1.165, 1.54) is 0 Å². The van der Waals surface area contributed by atoms with E-state index in [-0.39, 0.29) is 18.0 Å². The van der Waals surface area contributed by atoms with Crippen LogP contribution in [0.1, 0.15) is 39.1 Å². The number of carbonyl (C=O) groups is 2. The first-order valence-corrected chi connectivity index (χ1v) is 7.97. The minimum absolute atomic E-state index is 0.0416. The Kier molecular flexibility index (Phi) is 3.18.